The Morgan fingerprint density at radius 1 is 1.41 bits per heavy atom. The Morgan fingerprint density at radius 2 is 2.00 bits per heavy atom. The molecule has 0 fully saturated rings. The number of rotatable bonds is 5. The molecule has 0 N–H and O–H groups in total. The van der Waals surface area contributed by atoms with Gasteiger partial charge in [-0.3, -0.25) is 0 Å². The molecule has 0 spiro atoms. The maximum atomic E-state index is 11.4. The molecule has 0 saturated heterocycles. The molecule has 1 atom stereocenters. The first-order valence-corrected chi connectivity index (χ1v) is 7.06. The highest BCUT2D eigenvalue weighted by Crippen LogP contribution is 2.26. The molecule has 0 amide bonds. The maximum absolute atomic E-state index is 11.4. The molecule has 0 aliphatic carbocycles. The summed E-state index contributed by atoms with van der Waals surface area (Å²) in [7, 11) is -3.88. The summed E-state index contributed by atoms with van der Waals surface area (Å²) < 4.78 is 25.6. The lowest BCUT2D eigenvalue weighted by Crippen LogP contribution is -1.96. The van der Waals surface area contributed by atoms with E-state index in [1.54, 1.807) is 12.1 Å². The van der Waals surface area contributed by atoms with Crippen molar-refractivity contribution in [1.29, 1.82) is 0 Å². The smallest absolute Gasteiger partial charge is 0.216 e. The van der Waals surface area contributed by atoms with Gasteiger partial charge in [0, 0.05) is 14.7 Å². The van der Waals surface area contributed by atoms with Crippen molar-refractivity contribution < 1.29 is 8.42 Å². The number of hydrogen-bond donors (Lipinski definition) is 1. The molecule has 0 radical (unpaired) electrons. The molecule has 0 heterocycles. The van der Waals surface area contributed by atoms with Gasteiger partial charge in [0.05, 0.1) is 4.90 Å². The van der Waals surface area contributed by atoms with Crippen LogP contribution in [0.1, 0.15) is 30.6 Å². The molecule has 0 aromatic heterocycles. The molecular formula is C10H13N3O2S2. The van der Waals surface area contributed by atoms with Gasteiger partial charge in [-0.1, -0.05) is 25.5 Å². The number of hydrogen-bond acceptors (Lipinski definition) is 3. The predicted octanol–water partition coefficient (Wildman–Crippen LogP) is 3.46. The van der Waals surface area contributed by atoms with E-state index in [-0.39, 0.29) is 10.1 Å². The number of sulfonamides is 1. The second-order valence-corrected chi connectivity index (χ2v) is 5.73. The third kappa shape index (κ3) is 3.66. The van der Waals surface area contributed by atoms with E-state index in [1.165, 1.54) is 12.1 Å². The minimum Gasteiger partial charge on any atom is -0.216 e. The van der Waals surface area contributed by atoms with Gasteiger partial charge in [0.2, 0.25) is 0 Å². The fourth-order valence-electron chi connectivity index (χ4n) is 1.40. The van der Waals surface area contributed by atoms with Crippen LogP contribution in [0.15, 0.2) is 33.7 Å². The van der Waals surface area contributed by atoms with Crippen LogP contribution in [-0.2, 0) is 10.0 Å². The number of benzene rings is 1. The average molecular weight is 271 g/mol. The molecule has 1 aromatic rings. The monoisotopic (exact) mass is 271 g/mol. The quantitative estimate of drug-likeness (QED) is 0.385. The van der Waals surface area contributed by atoms with Crippen molar-refractivity contribution >= 4 is 22.7 Å². The lowest BCUT2D eigenvalue weighted by molar-refractivity contribution is 0.597. The van der Waals surface area contributed by atoms with Crippen molar-refractivity contribution in [3.05, 3.63) is 40.3 Å². The molecule has 5 nitrogen and oxygen atoms in total. The predicted molar refractivity (Wildman–Crippen MR) is 69.4 cm³/mol. The largest absolute Gasteiger partial charge is 0.264 e. The van der Waals surface area contributed by atoms with E-state index in [4.69, 9.17) is 5.53 Å². The van der Waals surface area contributed by atoms with E-state index < -0.39 is 10.0 Å². The molecule has 0 aliphatic heterocycles. The number of azide groups is 1. The molecule has 0 aliphatic rings. The molecule has 0 bridgehead atoms. The summed E-state index contributed by atoms with van der Waals surface area (Å²) in [6.07, 6.45) is 1.93. The number of thiol groups is 1. The first kappa shape index (κ1) is 13.9. The minimum atomic E-state index is -3.88. The van der Waals surface area contributed by atoms with Gasteiger partial charge in [-0.2, -0.15) is 12.6 Å². The summed E-state index contributed by atoms with van der Waals surface area (Å²) in [4.78, 5) is 2.29. The fraction of sp³-hybridized carbons (Fsp3) is 0.400. The van der Waals surface area contributed by atoms with Crippen molar-refractivity contribution in [2.45, 2.75) is 29.9 Å². The SMILES string of the molecule is CCCC(S)c1ccc(S(=O)(=O)N=[N+]=[N-])cc1. The van der Waals surface area contributed by atoms with Gasteiger partial charge in [-0.05, 0) is 29.6 Å². The second kappa shape index (κ2) is 5.95. The standard InChI is InChI=1S/C10H13N3O2S2/c1-2-3-10(16)8-4-6-9(7-5-8)17(14,15)13-12-11/h4-7,10,16H,2-3H2,1H3. The Bertz CT molecular complexity index is 519. The summed E-state index contributed by atoms with van der Waals surface area (Å²) in [6, 6.07) is 6.23. The third-order valence-corrected chi connectivity index (χ3v) is 3.98. The summed E-state index contributed by atoms with van der Waals surface area (Å²) in [5.74, 6) is 0. The Morgan fingerprint density at radius 3 is 2.47 bits per heavy atom. The summed E-state index contributed by atoms with van der Waals surface area (Å²) in [5.41, 5.74) is 9.10. The lowest BCUT2D eigenvalue weighted by atomic mass is 10.1. The first-order chi connectivity index (χ1) is 8.01. The van der Waals surface area contributed by atoms with Crippen LogP contribution in [0.2, 0.25) is 0 Å². The van der Waals surface area contributed by atoms with Gasteiger partial charge in [0.1, 0.15) is 0 Å². The maximum Gasteiger partial charge on any atom is 0.264 e. The van der Waals surface area contributed by atoms with Crippen molar-refractivity contribution in [3.8, 4) is 0 Å². The Labute approximate surface area is 106 Å². The molecular weight excluding hydrogens is 258 g/mol. The van der Waals surface area contributed by atoms with E-state index in [0.29, 0.717) is 0 Å². The Kier molecular flexibility index (Phi) is 4.86. The van der Waals surface area contributed by atoms with E-state index >= 15 is 0 Å². The van der Waals surface area contributed by atoms with Gasteiger partial charge in [0.15, 0.2) is 0 Å². The summed E-state index contributed by atoms with van der Waals surface area (Å²) >= 11 is 4.42. The van der Waals surface area contributed by atoms with Crippen LogP contribution in [0, 0.1) is 0 Å². The molecule has 17 heavy (non-hydrogen) atoms. The summed E-state index contributed by atoms with van der Waals surface area (Å²) in [5, 5.41) is 0.0937. The zero-order valence-corrected chi connectivity index (χ0v) is 11.0. The topological polar surface area (TPSA) is 82.9 Å². The van der Waals surface area contributed by atoms with Gasteiger partial charge >= 0.3 is 0 Å². The average Bonchev–Trinajstić information content (AvgIpc) is 2.29. The molecule has 1 rings (SSSR count). The van der Waals surface area contributed by atoms with Crippen LogP contribution in [0.4, 0.5) is 0 Å². The second-order valence-electron chi connectivity index (χ2n) is 3.52. The molecule has 7 heteroatoms. The zero-order chi connectivity index (χ0) is 12.9. The molecule has 92 valence electrons. The number of nitrogens with zero attached hydrogens (tertiary/aromatic N) is 3. The van der Waals surface area contributed by atoms with E-state index in [1.807, 2.05) is 0 Å². The highest BCUT2D eigenvalue weighted by Gasteiger charge is 2.12. The Hall–Kier alpha value is -1.17. The highest BCUT2D eigenvalue weighted by molar-refractivity contribution is 7.90. The molecule has 1 aromatic carbocycles. The van der Waals surface area contributed by atoms with Gasteiger partial charge in [-0.25, -0.2) is 8.42 Å². The fourth-order valence-corrected chi connectivity index (χ4v) is 2.50. The normalized spacial score (nSPS) is 12.8. The molecule has 1 unspecified atom stereocenters. The van der Waals surface area contributed by atoms with Crippen molar-refractivity contribution in [2.75, 3.05) is 0 Å². The van der Waals surface area contributed by atoms with Crippen molar-refractivity contribution in [3.63, 3.8) is 0 Å². The Balaban J connectivity index is 3.00. The van der Waals surface area contributed by atoms with Crippen LogP contribution in [0.3, 0.4) is 0 Å². The van der Waals surface area contributed by atoms with Gasteiger partial charge in [-0.15, -0.1) is 0 Å². The van der Waals surface area contributed by atoms with Crippen molar-refractivity contribution in [2.24, 2.45) is 4.52 Å². The first-order valence-electron chi connectivity index (χ1n) is 5.10. The molecule has 0 saturated carbocycles. The van der Waals surface area contributed by atoms with Crippen LogP contribution >= 0.6 is 12.6 Å². The van der Waals surface area contributed by atoms with E-state index in [9.17, 15) is 8.42 Å². The van der Waals surface area contributed by atoms with E-state index in [0.717, 1.165) is 18.4 Å². The van der Waals surface area contributed by atoms with Crippen LogP contribution in [0.25, 0.3) is 10.4 Å². The minimum absolute atomic E-state index is 0.00363. The van der Waals surface area contributed by atoms with Crippen molar-refractivity contribution in [1.82, 2.24) is 0 Å². The third-order valence-electron chi connectivity index (χ3n) is 2.27. The van der Waals surface area contributed by atoms with Gasteiger partial charge < -0.3 is 0 Å². The summed E-state index contributed by atoms with van der Waals surface area (Å²) in [6.45, 7) is 2.06. The van der Waals surface area contributed by atoms with Crippen LogP contribution < -0.4 is 0 Å². The van der Waals surface area contributed by atoms with Gasteiger partial charge in [0.25, 0.3) is 10.0 Å². The van der Waals surface area contributed by atoms with Crippen LogP contribution in [0.5, 0.6) is 0 Å². The highest BCUT2D eigenvalue weighted by atomic mass is 32.2. The zero-order valence-electron chi connectivity index (χ0n) is 9.31. The lowest BCUT2D eigenvalue weighted by Gasteiger charge is -2.09. The van der Waals surface area contributed by atoms with Crippen LogP contribution in [-0.4, -0.2) is 8.42 Å². The van der Waals surface area contributed by atoms with E-state index in [2.05, 4.69) is 29.0 Å².